The Balaban J connectivity index is 3.53. The van der Waals surface area contributed by atoms with Gasteiger partial charge in [0, 0.05) is 0 Å². The average molecular weight is 256 g/mol. The van der Waals surface area contributed by atoms with Crippen molar-refractivity contribution in [1.29, 1.82) is 0 Å². The van der Waals surface area contributed by atoms with Gasteiger partial charge >= 0.3 is 12.1 Å². The maximum atomic E-state index is 12.4. The van der Waals surface area contributed by atoms with Gasteiger partial charge in [-0.25, -0.2) is 18.6 Å². The number of nitrogen functional groups attached to an aromatic ring is 1. The predicted molar refractivity (Wildman–Crippen MR) is 45.6 cm³/mol. The molecule has 3 N–H and O–H groups in total. The number of aromatic carboxylic acids is 1. The van der Waals surface area contributed by atoms with Gasteiger partial charge in [0.25, 0.3) is 6.43 Å². The van der Waals surface area contributed by atoms with Crippen LogP contribution in [0.4, 0.5) is 27.8 Å². The molecule has 1 rings (SSSR count). The average Bonchev–Trinajstić information content (AvgIpc) is 2.13. The van der Waals surface area contributed by atoms with E-state index >= 15 is 0 Å². The minimum Gasteiger partial charge on any atom is -0.478 e. The van der Waals surface area contributed by atoms with Gasteiger partial charge in [0.15, 0.2) is 0 Å². The van der Waals surface area contributed by atoms with Gasteiger partial charge in [-0.3, -0.25) is 0 Å². The number of nitrogens with zero attached hydrogens (tertiary/aromatic N) is 1. The lowest BCUT2D eigenvalue weighted by molar-refractivity contribution is -0.141. The van der Waals surface area contributed by atoms with Crippen LogP contribution in [-0.2, 0) is 6.18 Å². The number of carboxylic acids is 1. The molecule has 0 aliphatic rings. The molecule has 0 radical (unpaired) electrons. The highest BCUT2D eigenvalue weighted by atomic mass is 19.4. The molecule has 0 aliphatic heterocycles. The minimum atomic E-state index is -4.96. The molecule has 0 aromatic carbocycles. The van der Waals surface area contributed by atoms with Crippen LogP contribution in [0.1, 0.15) is 28.0 Å². The van der Waals surface area contributed by atoms with E-state index < -0.39 is 41.2 Å². The van der Waals surface area contributed by atoms with Crippen LogP contribution in [0.3, 0.4) is 0 Å². The third-order valence-corrected chi connectivity index (χ3v) is 1.83. The van der Waals surface area contributed by atoms with Crippen molar-refractivity contribution in [3.8, 4) is 0 Å². The minimum absolute atomic E-state index is 0.0280. The van der Waals surface area contributed by atoms with Crippen LogP contribution in [0.5, 0.6) is 0 Å². The Morgan fingerprint density at radius 3 is 2.29 bits per heavy atom. The first-order valence-corrected chi connectivity index (χ1v) is 4.03. The lowest BCUT2D eigenvalue weighted by atomic mass is 10.1. The molecule has 1 aromatic rings. The molecule has 94 valence electrons. The number of hydrogen-bond acceptors (Lipinski definition) is 3. The molecule has 0 spiro atoms. The summed E-state index contributed by atoms with van der Waals surface area (Å²) < 4.78 is 61.6. The number of anilines is 1. The second-order valence-electron chi connectivity index (χ2n) is 2.96. The zero-order chi connectivity index (χ0) is 13.4. The van der Waals surface area contributed by atoms with Crippen LogP contribution in [-0.4, -0.2) is 16.1 Å². The molecule has 0 saturated carbocycles. The highest BCUT2D eigenvalue weighted by molar-refractivity contribution is 5.91. The molecule has 4 nitrogen and oxygen atoms in total. The first kappa shape index (κ1) is 13.1. The quantitative estimate of drug-likeness (QED) is 0.796. The van der Waals surface area contributed by atoms with E-state index in [1.54, 1.807) is 0 Å². The van der Waals surface area contributed by atoms with Crippen LogP contribution in [0.2, 0.25) is 0 Å². The van der Waals surface area contributed by atoms with E-state index in [4.69, 9.17) is 10.8 Å². The number of carbonyl (C=O) groups is 1. The Morgan fingerprint density at radius 1 is 1.41 bits per heavy atom. The Morgan fingerprint density at radius 2 is 1.94 bits per heavy atom. The van der Waals surface area contributed by atoms with Gasteiger partial charge in [0.05, 0.1) is 11.1 Å². The van der Waals surface area contributed by atoms with Crippen molar-refractivity contribution >= 4 is 11.8 Å². The topological polar surface area (TPSA) is 76.2 Å². The molecule has 0 saturated heterocycles. The summed E-state index contributed by atoms with van der Waals surface area (Å²) in [5.74, 6) is -3.08. The molecule has 0 amide bonds. The Kier molecular flexibility index (Phi) is 3.21. The second-order valence-corrected chi connectivity index (χ2v) is 2.96. The van der Waals surface area contributed by atoms with Gasteiger partial charge in [-0.15, -0.1) is 0 Å². The third-order valence-electron chi connectivity index (χ3n) is 1.83. The van der Waals surface area contributed by atoms with E-state index in [0.29, 0.717) is 0 Å². The SMILES string of the molecule is Nc1nc(C(F)(F)F)cc(C(=O)O)c1C(F)F. The van der Waals surface area contributed by atoms with E-state index in [2.05, 4.69) is 4.98 Å². The van der Waals surface area contributed by atoms with Gasteiger partial charge in [-0.2, -0.15) is 13.2 Å². The summed E-state index contributed by atoms with van der Waals surface area (Å²) in [6.45, 7) is 0. The highest BCUT2D eigenvalue weighted by Crippen LogP contribution is 2.34. The van der Waals surface area contributed by atoms with Gasteiger partial charge in [-0.1, -0.05) is 0 Å². The van der Waals surface area contributed by atoms with Gasteiger partial charge < -0.3 is 10.8 Å². The Hall–Kier alpha value is -1.93. The zero-order valence-electron chi connectivity index (χ0n) is 7.92. The maximum absolute atomic E-state index is 12.4. The third kappa shape index (κ3) is 2.60. The van der Waals surface area contributed by atoms with Gasteiger partial charge in [-0.05, 0) is 6.07 Å². The summed E-state index contributed by atoms with van der Waals surface area (Å²) in [7, 11) is 0. The summed E-state index contributed by atoms with van der Waals surface area (Å²) in [5.41, 5.74) is 0.850. The number of carboxylic acid groups (broad SMARTS) is 1. The van der Waals surface area contributed by atoms with Crippen molar-refractivity contribution in [1.82, 2.24) is 4.98 Å². The van der Waals surface area contributed by atoms with E-state index in [-0.39, 0.29) is 6.07 Å². The molecule has 1 heterocycles. The molecule has 0 aliphatic carbocycles. The van der Waals surface area contributed by atoms with Gasteiger partial charge in [0.1, 0.15) is 11.5 Å². The monoisotopic (exact) mass is 256 g/mol. The summed E-state index contributed by atoms with van der Waals surface area (Å²) in [6.07, 6.45) is -8.28. The van der Waals surface area contributed by atoms with Crippen molar-refractivity contribution < 1.29 is 31.9 Å². The van der Waals surface area contributed by atoms with Crippen LogP contribution in [0, 0.1) is 0 Å². The van der Waals surface area contributed by atoms with Gasteiger partial charge in [0.2, 0.25) is 0 Å². The molecule has 1 aromatic heterocycles. The van der Waals surface area contributed by atoms with Crippen molar-refractivity contribution in [3.05, 3.63) is 22.9 Å². The predicted octanol–water partition coefficient (Wildman–Crippen LogP) is 2.32. The maximum Gasteiger partial charge on any atom is 0.433 e. The molecular formula is C8H5F5N2O2. The van der Waals surface area contributed by atoms with Crippen molar-refractivity contribution in [2.75, 3.05) is 5.73 Å². The van der Waals surface area contributed by atoms with Crippen LogP contribution in [0.15, 0.2) is 6.07 Å². The van der Waals surface area contributed by atoms with Crippen molar-refractivity contribution in [2.45, 2.75) is 12.6 Å². The lowest BCUT2D eigenvalue weighted by Gasteiger charge is -2.12. The van der Waals surface area contributed by atoms with E-state index in [9.17, 15) is 26.7 Å². The normalized spacial score (nSPS) is 11.9. The summed E-state index contributed by atoms with van der Waals surface area (Å²) >= 11 is 0. The molecule has 0 atom stereocenters. The van der Waals surface area contributed by atoms with Crippen molar-refractivity contribution in [3.63, 3.8) is 0 Å². The van der Waals surface area contributed by atoms with Crippen molar-refractivity contribution in [2.24, 2.45) is 0 Å². The number of nitrogens with two attached hydrogens (primary N) is 1. The molecule has 9 heteroatoms. The molecule has 0 fully saturated rings. The number of aromatic nitrogens is 1. The number of pyridine rings is 1. The smallest absolute Gasteiger partial charge is 0.433 e. The largest absolute Gasteiger partial charge is 0.478 e. The van der Waals surface area contributed by atoms with Crippen LogP contribution < -0.4 is 5.73 Å². The molecule has 0 bridgehead atoms. The fourth-order valence-electron chi connectivity index (χ4n) is 1.13. The standard InChI is InChI=1S/C8H5F5N2O2/c9-5(10)4-2(7(16)17)1-3(8(11,12)13)15-6(4)14/h1,5H,(H2,14,15)(H,16,17). The second kappa shape index (κ2) is 4.15. The summed E-state index contributed by atoms with van der Waals surface area (Å²) in [6, 6.07) is 0.0280. The lowest BCUT2D eigenvalue weighted by Crippen LogP contribution is -2.15. The number of hydrogen-bond donors (Lipinski definition) is 2. The van der Waals surface area contributed by atoms with E-state index in [1.807, 2.05) is 0 Å². The Labute approximate surface area is 90.9 Å². The summed E-state index contributed by atoms with van der Waals surface area (Å²) in [5, 5.41) is 8.55. The fraction of sp³-hybridized carbons (Fsp3) is 0.250. The zero-order valence-corrected chi connectivity index (χ0v) is 7.92. The Bertz CT molecular complexity index is 458. The number of alkyl halides is 5. The van der Waals surface area contributed by atoms with E-state index in [0.717, 1.165) is 0 Å². The highest BCUT2D eigenvalue weighted by Gasteiger charge is 2.36. The first-order chi connectivity index (χ1) is 7.64. The van der Waals surface area contributed by atoms with Crippen LogP contribution >= 0.6 is 0 Å². The summed E-state index contributed by atoms with van der Waals surface area (Å²) in [4.78, 5) is 13.3. The number of rotatable bonds is 2. The fourth-order valence-corrected chi connectivity index (χ4v) is 1.13. The molecular weight excluding hydrogens is 251 g/mol. The van der Waals surface area contributed by atoms with E-state index in [1.165, 1.54) is 0 Å². The first-order valence-electron chi connectivity index (χ1n) is 4.03. The van der Waals surface area contributed by atoms with Crippen LogP contribution in [0.25, 0.3) is 0 Å². The molecule has 17 heavy (non-hydrogen) atoms. The number of halogens is 5. The molecule has 0 unspecified atom stereocenters.